The van der Waals surface area contributed by atoms with Crippen molar-refractivity contribution in [3.05, 3.63) is 60.2 Å². The molecule has 0 spiro atoms. The van der Waals surface area contributed by atoms with Crippen molar-refractivity contribution in [2.75, 3.05) is 6.54 Å². The summed E-state index contributed by atoms with van der Waals surface area (Å²) in [6.45, 7) is 2.16. The Balaban J connectivity index is 2.10. The van der Waals surface area contributed by atoms with Gasteiger partial charge < -0.3 is 0 Å². The number of benzene rings is 2. The van der Waals surface area contributed by atoms with Crippen molar-refractivity contribution in [2.24, 2.45) is 5.14 Å². The Hall–Kier alpha value is -1.74. The fourth-order valence-electron chi connectivity index (χ4n) is 2.03. The molecule has 124 valence electrons. The highest BCUT2D eigenvalue weighted by Gasteiger charge is 2.17. The third-order valence-corrected chi connectivity index (χ3v) is 5.78. The molecule has 2 rings (SSSR count). The summed E-state index contributed by atoms with van der Waals surface area (Å²) in [4.78, 5) is -0.140. The zero-order valence-electron chi connectivity index (χ0n) is 12.5. The highest BCUT2D eigenvalue weighted by molar-refractivity contribution is 7.89. The number of hydrogen-bond acceptors (Lipinski definition) is 4. The SMILES string of the molecule is CC(CNS(=O)(=O)c1ccc(S(N)(=O)=O)cc1)c1ccccc1. The van der Waals surface area contributed by atoms with Crippen molar-refractivity contribution in [1.29, 1.82) is 0 Å². The van der Waals surface area contributed by atoms with E-state index in [9.17, 15) is 16.8 Å². The van der Waals surface area contributed by atoms with Crippen LogP contribution in [0.1, 0.15) is 18.4 Å². The zero-order valence-corrected chi connectivity index (χ0v) is 14.1. The van der Waals surface area contributed by atoms with E-state index in [1.807, 2.05) is 37.3 Å². The van der Waals surface area contributed by atoms with Gasteiger partial charge in [-0.15, -0.1) is 0 Å². The molecule has 0 amide bonds. The van der Waals surface area contributed by atoms with Gasteiger partial charge in [0.1, 0.15) is 0 Å². The van der Waals surface area contributed by atoms with E-state index in [-0.39, 0.29) is 22.3 Å². The Kier molecular flexibility index (Phi) is 5.20. The monoisotopic (exact) mass is 354 g/mol. The van der Waals surface area contributed by atoms with Crippen LogP contribution in [-0.2, 0) is 20.0 Å². The summed E-state index contributed by atoms with van der Waals surface area (Å²) in [7, 11) is -7.55. The summed E-state index contributed by atoms with van der Waals surface area (Å²) in [6.07, 6.45) is 0. The second kappa shape index (κ2) is 6.79. The number of sulfonamides is 2. The van der Waals surface area contributed by atoms with Crippen LogP contribution in [0.5, 0.6) is 0 Å². The molecule has 1 atom stereocenters. The summed E-state index contributed by atoms with van der Waals surface area (Å²) in [5.41, 5.74) is 1.03. The minimum Gasteiger partial charge on any atom is -0.225 e. The van der Waals surface area contributed by atoms with Crippen LogP contribution in [0.25, 0.3) is 0 Å². The van der Waals surface area contributed by atoms with Crippen LogP contribution >= 0.6 is 0 Å². The first kappa shape index (κ1) is 17.6. The number of nitrogens with one attached hydrogen (secondary N) is 1. The summed E-state index contributed by atoms with van der Waals surface area (Å²) >= 11 is 0. The molecule has 0 radical (unpaired) electrons. The smallest absolute Gasteiger partial charge is 0.225 e. The van der Waals surface area contributed by atoms with Crippen LogP contribution in [0.4, 0.5) is 0 Å². The molecule has 0 saturated heterocycles. The minimum absolute atomic E-state index is 0.00895. The maximum absolute atomic E-state index is 12.2. The van der Waals surface area contributed by atoms with Crippen molar-refractivity contribution in [1.82, 2.24) is 4.72 Å². The van der Waals surface area contributed by atoms with Crippen molar-refractivity contribution >= 4 is 20.0 Å². The van der Waals surface area contributed by atoms with E-state index >= 15 is 0 Å². The zero-order chi connectivity index (χ0) is 17.1. The van der Waals surface area contributed by atoms with Gasteiger partial charge in [-0.3, -0.25) is 0 Å². The molecule has 0 aliphatic rings. The first-order valence-corrected chi connectivity index (χ1v) is 9.90. The van der Waals surface area contributed by atoms with Crippen LogP contribution in [0.15, 0.2) is 64.4 Å². The molecule has 0 aliphatic heterocycles. The summed E-state index contributed by atoms with van der Waals surface area (Å²) in [6, 6.07) is 14.3. The predicted octanol–water partition coefficient (Wildman–Crippen LogP) is 1.42. The second-order valence-corrected chi connectivity index (χ2v) is 8.51. The van der Waals surface area contributed by atoms with Gasteiger partial charge in [-0.25, -0.2) is 26.7 Å². The van der Waals surface area contributed by atoms with Gasteiger partial charge in [-0.1, -0.05) is 37.3 Å². The third-order valence-electron chi connectivity index (χ3n) is 3.41. The molecule has 0 fully saturated rings. The van der Waals surface area contributed by atoms with E-state index in [4.69, 9.17) is 5.14 Å². The molecule has 2 aromatic rings. The van der Waals surface area contributed by atoms with Crippen molar-refractivity contribution in [2.45, 2.75) is 22.6 Å². The molecule has 8 heteroatoms. The first-order valence-electron chi connectivity index (χ1n) is 6.87. The molecule has 6 nitrogen and oxygen atoms in total. The summed E-state index contributed by atoms with van der Waals surface area (Å²) in [5.74, 6) is 0.00895. The van der Waals surface area contributed by atoms with Crippen LogP contribution in [-0.4, -0.2) is 23.4 Å². The predicted molar refractivity (Wildman–Crippen MR) is 87.9 cm³/mol. The molecule has 0 heterocycles. The van der Waals surface area contributed by atoms with Gasteiger partial charge in [0, 0.05) is 6.54 Å². The third kappa shape index (κ3) is 4.61. The van der Waals surface area contributed by atoms with Gasteiger partial charge in [0.15, 0.2) is 0 Å². The number of rotatable bonds is 6. The number of hydrogen-bond donors (Lipinski definition) is 2. The van der Waals surface area contributed by atoms with E-state index in [2.05, 4.69) is 4.72 Å². The van der Waals surface area contributed by atoms with E-state index < -0.39 is 20.0 Å². The lowest BCUT2D eigenvalue weighted by molar-refractivity contribution is 0.574. The van der Waals surface area contributed by atoms with Crippen molar-refractivity contribution in [3.63, 3.8) is 0 Å². The van der Waals surface area contributed by atoms with Gasteiger partial charge in [0.05, 0.1) is 9.79 Å². The maximum atomic E-state index is 12.2. The Morgan fingerprint density at radius 2 is 1.43 bits per heavy atom. The van der Waals surface area contributed by atoms with E-state index in [1.54, 1.807) is 0 Å². The van der Waals surface area contributed by atoms with Crippen LogP contribution in [0.3, 0.4) is 0 Å². The lowest BCUT2D eigenvalue weighted by atomic mass is 10.0. The highest BCUT2D eigenvalue weighted by atomic mass is 32.2. The van der Waals surface area contributed by atoms with Crippen LogP contribution in [0.2, 0.25) is 0 Å². The Morgan fingerprint density at radius 3 is 1.96 bits per heavy atom. The van der Waals surface area contributed by atoms with E-state index in [0.29, 0.717) is 0 Å². The molecular weight excluding hydrogens is 336 g/mol. The van der Waals surface area contributed by atoms with Crippen molar-refractivity contribution < 1.29 is 16.8 Å². The van der Waals surface area contributed by atoms with Gasteiger partial charge >= 0.3 is 0 Å². The largest absolute Gasteiger partial charge is 0.240 e. The molecule has 0 bridgehead atoms. The molecule has 0 aromatic heterocycles. The molecule has 2 aromatic carbocycles. The fourth-order valence-corrected chi connectivity index (χ4v) is 3.67. The van der Waals surface area contributed by atoms with Crippen molar-refractivity contribution in [3.8, 4) is 0 Å². The summed E-state index contributed by atoms with van der Waals surface area (Å²) in [5, 5.41) is 4.99. The van der Waals surface area contributed by atoms with Crippen LogP contribution in [0, 0.1) is 0 Å². The molecule has 3 N–H and O–H groups in total. The summed E-state index contributed by atoms with van der Waals surface area (Å²) < 4.78 is 49.4. The van der Waals surface area contributed by atoms with Gasteiger partial charge in [-0.05, 0) is 35.7 Å². The average Bonchev–Trinajstić information content (AvgIpc) is 2.53. The normalized spacial score (nSPS) is 13.7. The topological polar surface area (TPSA) is 106 Å². The standard InChI is InChI=1S/C15H18N2O4S2/c1-12(13-5-3-2-4-6-13)11-17-23(20,21)15-9-7-14(8-10-15)22(16,18)19/h2-10,12,17H,11H2,1H3,(H2,16,18,19). The number of primary sulfonamides is 1. The molecule has 0 saturated carbocycles. The molecule has 23 heavy (non-hydrogen) atoms. The quantitative estimate of drug-likeness (QED) is 0.818. The first-order chi connectivity index (χ1) is 10.7. The second-order valence-electron chi connectivity index (χ2n) is 5.18. The minimum atomic E-state index is -3.84. The highest BCUT2D eigenvalue weighted by Crippen LogP contribution is 2.16. The Bertz CT molecular complexity index is 861. The Labute approximate surface area is 136 Å². The van der Waals surface area contributed by atoms with Gasteiger partial charge in [0.2, 0.25) is 20.0 Å². The lowest BCUT2D eigenvalue weighted by Crippen LogP contribution is -2.27. The lowest BCUT2D eigenvalue weighted by Gasteiger charge is -2.13. The maximum Gasteiger partial charge on any atom is 0.240 e. The molecule has 0 aliphatic carbocycles. The fraction of sp³-hybridized carbons (Fsp3) is 0.200. The average molecular weight is 354 g/mol. The van der Waals surface area contributed by atoms with Crippen LogP contribution < -0.4 is 9.86 Å². The Morgan fingerprint density at radius 1 is 0.913 bits per heavy atom. The molecule has 1 unspecified atom stereocenters. The van der Waals surface area contributed by atoms with Gasteiger partial charge in [-0.2, -0.15) is 0 Å². The number of nitrogens with two attached hydrogens (primary N) is 1. The van der Waals surface area contributed by atoms with Gasteiger partial charge in [0.25, 0.3) is 0 Å². The molecular formula is C15H18N2O4S2. The van der Waals surface area contributed by atoms with E-state index in [0.717, 1.165) is 5.56 Å². The van der Waals surface area contributed by atoms with E-state index in [1.165, 1.54) is 24.3 Å².